The Kier molecular flexibility index (Phi) is 4.72. The minimum atomic E-state index is -0.549. The van der Waals surface area contributed by atoms with Crippen LogP contribution in [-0.2, 0) is 0 Å². The molecule has 1 amide bonds. The quantitative estimate of drug-likeness (QED) is 0.529. The summed E-state index contributed by atoms with van der Waals surface area (Å²) in [7, 11) is 0. The monoisotopic (exact) mass is 375 g/mol. The lowest BCUT2D eigenvalue weighted by Gasteiger charge is -2.07. The molecule has 132 valence electrons. The first-order valence-electron chi connectivity index (χ1n) is 8.23. The number of anilines is 1. The van der Waals surface area contributed by atoms with Crippen molar-refractivity contribution in [3.63, 3.8) is 0 Å². The van der Waals surface area contributed by atoms with Gasteiger partial charge in [0.15, 0.2) is 0 Å². The summed E-state index contributed by atoms with van der Waals surface area (Å²) in [5, 5.41) is 5.57. The van der Waals surface area contributed by atoms with Crippen LogP contribution in [0.15, 0.2) is 78.4 Å². The van der Waals surface area contributed by atoms with Gasteiger partial charge < -0.3 is 5.32 Å². The van der Waals surface area contributed by atoms with E-state index >= 15 is 0 Å². The number of rotatable bonds is 4. The van der Waals surface area contributed by atoms with Crippen LogP contribution in [0.2, 0.25) is 0 Å². The molecule has 0 saturated carbocycles. The van der Waals surface area contributed by atoms with E-state index in [0.717, 1.165) is 21.8 Å². The molecule has 4 aromatic rings. The third-order valence-electron chi connectivity index (χ3n) is 3.95. The maximum Gasteiger partial charge on any atom is 0.258 e. The predicted octanol–water partition coefficient (Wildman–Crippen LogP) is 5.26. The highest BCUT2D eigenvalue weighted by molar-refractivity contribution is 7.13. The molecule has 0 fully saturated rings. The molecule has 0 unspecified atom stereocenters. The molecule has 0 aliphatic carbocycles. The van der Waals surface area contributed by atoms with E-state index in [1.54, 1.807) is 30.6 Å². The molecule has 2 aromatic heterocycles. The first kappa shape index (κ1) is 17.1. The van der Waals surface area contributed by atoms with Crippen LogP contribution < -0.4 is 5.32 Å². The number of pyridine rings is 1. The van der Waals surface area contributed by atoms with Gasteiger partial charge in [-0.2, -0.15) is 0 Å². The number of hydrogen-bond acceptors (Lipinski definition) is 4. The zero-order valence-corrected chi connectivity index (χ0v) is 14.9. The van der Waals surface area contributed by atoms with Gasteiger partial charge in [-0.05, 0) is 36.4 Å². The van der Waals surface area contributed by atoms with Crippen molar-refractivity contribution in [2.45, 2.75) is 0 Å². The normalized spacial score (nSPS) is 10.6. The summed E-state index contributed by atoms with van der Waals surface area (Å²) >= 11 is 1.53. The third-order valence-corrected chi connectivity index (χ3v) is 4.84. The lowest BCUT2D eigenvalue weighted by Crippen LogP contribution is -2.13. The number of nitrogens with one attached hydrogen (secondary N) is 1. The van der Waals surface area contributed by atoms with E-state index in [4.69, 9.17) is 0 Å². The van der Waals surface area contributed by atoms with Crippen molar-refractivity contribution in [2.75, 3.05) is 5.32 Å². The number of nitrogens with zero attached hydrogens (tertiary/aromatic N) is 2. The topological polar surface area (TPSA) is 54.9 Å². The van der Waals surface area contributed by atoms with Crippen molar-refractivity contribution in [2.24, 2.45) is 0 Å². The fourth-order valence-electron chi connectivity index (χ4n) is 2.63. The van der Waals surface area contributed by atoms with Gasteiger partial charge in [0.1, 0.15) is 10.8 Å². The maximum atomic E-state index is 13.8. The molecular formula is C21H14FN3OS. The smallest absolute Gasteiger partial charge is 0.258 e. The van der Waals surface area contributed by atoms with Crippen molar-refractivity contribution in [1.29, 1.82) is 0 Å². The van der Waals surface area contributed by atoms with Crippen LogP contribution in [0.5, 0.6) is 0 Å². The van der Waals surface area contributed by atoms with Crippen molar-refractivity contribution in [3.8, 4) is 21.8 Å². The Morgan fingerprint density at radius 3 is 2.67 bits per heavy atom. The fraction of sp³-hybridized carbons (Fsp3) is 0. The van der Waals surface area contributed by atoms with Crippen molar-refractivity contribution in [3.05, 3.63) is 89.8 Å². The summed E-state index contributed by atoms with van der Waals surface area (Å²) in [6, 6.07) is 17.1. The van der Waals surface area contributed by atoms with E-state index in [1.165, 1.54) is 23.5 Å². The fourth-order valence-corrected chi connectivity index (χ4v) is 3.45. The van der Waals surface area contributed by atoms with Crippen LogP contribution in [0.1, 0.15) is 10.4 Å². The molecule has 2 aromatic carbocycles. The Balaban J connectivity index is 1.57. The van der Waals surface area contributed by atoms with Crippen LogP contribution >= 0.6 is 11.3 Å². The van der Waals surface area contributed by atoms with E-state index in [0.29, 0.717) is 5.69 Å². The highest BCUT2D eigenvalue weighted by Crippen LogP contribution is 2.29. The number of aromatic nitrogens is 2. The van der Waals surface area contributed by atoms with Gasteiger partial charge in [0.2, 0.25) is 0 Å². The molecule has 0 atom stereocenters. The number of hydrogen-bond donors (Lipinski definition) is 1. The summed E-state index contributed by atoms with van der Waals surface area (Å²) in [5.74, 6) is -1.04. The second-order valence-electron chi connectivity index (χ2n) is 5.79. The van der Waals surface area contributed by atoms with Gasteiger partial charge in [0.25, 0.3) is 5.91 Å². The number of carbonyl (C=O) groups is 1. The summed E-state index contributed by atoms with van der Waals surface area (Å²) in [5.41, 5.74) is 3.22. The second kappa shape index (κ2) is 7.47. The summed E-state index contributed by atoms with van der Waals surface area (Å²) in [6.07, 6.45) is 3.49. The minimum Gasteiger partial charge on any atom is -0.322 e. The van der Waals surface area contributed by atoms with Gasteiger partial charge >= 0.3 is 0 Å². The zero-order valence-electron chi connectivity index (χ0n) is 14.1. The number of halogens is 1. The first-order valence-corrected chi connectivity index (χ1v) is 9.11. The molecule has 0 saturated heterocycles. The molecule has 4 rings (SSSR count). The van der Waals surface area contributed by atoms with Crippen LogP contribution in [0.25, 0.3) is 21.8 Å². The molecule has 2 heterocycles. The highest BCUT2D eigenvalue weighted by atomic mass is 32.1. The van der Waals surface area contributed by atoms with E-state index in [2.05, 4.69) is 15.3 Å². The summed E-state index contributed by atoms with van der Waals surface area (Å²) < 4.78 is 13.8. The van der Waals surface area contributed by atoms with Gasteiger partial charge in [-0.3, -0.25) is 9.78 Å². The lowest BCUT2D eigenvalue weighted by atomic mass is 10.1. The molecular weight excluding hydrogens is 361 g/mol. The molecule has 0 spiro atoms. The maximum absolute atomic E-state index is 13.8. The number of thiazole rings is 1. The van der Waals surface area contributed by atoms with Crippen molar-refractivity contribution < 1.29 is 9.18 Å². The Morgan fingerprint density at radius 1 is 1.00 bits per heavy atom. The van der Waals surface area contributed by atoms with Crippen molar-refractivity contribution >= 4 is 22.9 Å². The Hall–Kier alpha value is -3.38. The van der Waals surface area contributed by atoms with Crippen LogP contribution in [-0.4, -0.2) is 15.9 Å². The minimum absolute atomic E-state index is 0.00965. The number of amides is 1. The van der Waals surface area contributed by atoms with Gasteiger partial charge in [0, 0.05) is 34.6 Å². The van der Waals surface area contributed by atoms with Gasteiger partial charge in [-0.15, -0.1) is 11.3 Å². The van der Waals surface area contributed by atoms with Gasteiger partial charge in [-0.1, -0.05) is 24.3 Å². The summed E-state index contributed by atoms with van der Waals surface area (Å²) in [4.78, 5) is 21.1. The van der Waals surface area contributed by atoms with Crippen molar-refractivity contribution in [1.82, 2.24) is 9.97 Å². The molecule has 27 heavy (non-hydrogen) atoms. The molecule has 0 radical (unpaired) electrons. The van der Waals surface area contributed by atoms with Crippen LogP contribution in [0.3, 0.4) is 0 Å². The molecule has 0 aliphatic rings. The lowest BCUT2D eigenvalue weighted by molar-refractivity contribution is 0.102. The largest absolute Gasteiger partial charge is 0.322 e. The average molecular weight is 375 g/mol. The Morgan fingerprint density at radius 2 is 1.85 bits per heavy atom. The van der Waals surface area contributed by atoms with E-state index in [-0.39, 0.29) is 5.56 Å². The SMILES string of the molecule is O=C(Nc1cccc(-c2csc(-c3cccnc3)n2)c1)c1ccccc1F. The average Bonchev–Trinajstić information content (AvgIpc) is 3.19. The molecule has 0 bridgehead atoms. The van der Waals surface area contributed by atoms with Crippen LogP contribution in [0, 0.1) is 5.82 Å². The summed E-state index contributed by atoms with van der Waals surface area (Å²) in [6.45, 7) is 0. The predicted molar refractivity (Wildman–Crippen MR) is 105 cm³/mol. The Labute approximate surface area is 159 Å². The van der Waals surface area contributed by atoms with E-state index < -0.39 is 11.7 Å². The highest BCUT2D eigenvalue weighted by Gasteiger charge is 2.12. The first-order chi connectivity index (χ1) is 13.2. The number of carbonyl (C=O) groups excluding carboxylic acids is 1. The van der Waals surface area contributed by atoms with E-state index in [9.17, 15) is 9.18 Å². The Bertz CT molecular complexity index is 1100. The zero-order chi connectivity index (χ0) is 18.6. The second-order valence-corrected chi connectivity index (χ2v) is 6.65. The number of benzene rings is 2. The standard InChI is InChI=1S/C21H14FN3OS/c22-18-9-2-1-8-17(18)20(26)24-16-7-3-5-14(11-16)19-13-27-21(25-19)15-6-4-10-23-12-15/h1-13H,(H,24,26). The van der Waals surface area contributed by atoms with Gasteiger partial charge in [-0.25, -0.2) is 9.37 Å². The van der Waals surface area contributed by atoms with E-state index in [1.807, 2.05) is 35.7 Å². The van der Waals surface area contributed by atoms with Gasteiger partial charge in [0.05, 0.1) is 11.3 Å². The van der Waals surface area contributed by atoms with Crippen LogP contribution in [0.4, 0.5) is 10.1 Å². The third kappa shape index (κ3) is 3.75. The molecule has 6 heteroatoms. The molecule has 0 aliphatic heterocycles. The molecule has 4 nitrogen and oxygen atoms in total. The molecule has 1 N–H and O–H groups in total.